The van der Waals surface area contributed by atoms with Gasteiger partial charge >= 0.3 is 0 Å². The standard InChI is InChI=1S/C22H35NO8/c1-3-25-8-9-26-10-11-27-12-13-28-14-15-29-16-17-30-18-19-31-22-6-4-21(5-7-22)23-20(2)24/h3-7H,1,8-19H2,2H3,(H,23,24). The number of hydrogen-bond acceptors (Lipinski definition) is 8. The third-order valence-corrected chi connectivity index (χ3v) is 3.62. The number of rotatable bonds is 21. The zero-order valence-electron chi connectivity index (χ0n) is 18.3. The van der Waals surface area contributed by atoms with E-state index in [1.807, 2.05) is 0 Å². The summed E-state index contributed by atoms with van der Waals surface area (Å²) in [5.74, 6) is 0.620. The van der Waals surface area contributed by atoms with Crippen LogP contribution in [0.2, 0.25) is 0 Å². The fraction of sp³-hybridized carbons (Fsp3) is 0.591. The zero-order valence-corrected chi connectivity index (χ0v) is 18.3. The molecule has 0 aliphatic heterocycles. The lowest BCUT2D eigenvalue weighted by Crippen LogP contribution is -2.14. The Labute approximate surface area is 184 Å². The van der Waals surface area contributed by atoms with E-state index in [1.54, 1.807) is 24.3 Å². The minimum atomic E-state index is -0.103. The first-order valence-corrected chi connectivity index (χ1v) is 10.3. The van der Waals surface area contributed by atoms with Gasteiger partial charge in [0.25, 0.3) is 0 Å². The van der Waals surface area contributed by atoms with Gasteiger partial charge in [-0.1, -0.05) is 6.58 Å². The van der Waals surface area contributed by atoms with Gasteiger partial charge in [0.05, 0.1) is 72.3 Å². The second kappa shape index (κ2) is 19.8. The Kier molecular flexibility index (Phi) is 17.1. The van der Waals surface area contributed by atoms with Crippen LogP contribution in [-0.2, 0) is 33.2 Å². The van der Waals surface area contributed by atoms with Crippen molar-refractivity contribution in [1.82, 2.24) is 0 Å². The molecule has 176 valence electrons. The molecule has 0 bridgehead atoms. The zero-order chi connectivity index (χ0) is 22.4. The predicted octanol–water partition coefficient (Wildman–Crippen LogP) is 2.27. The second-order valence-corrected chi connectivity index (χ2v) is 6.15. The van der Waals surface area contributed by atoms with Crippen LogP contribution >= 0.6 is 0 Å². The molecule has 0 saturated carbocycles. The van der Waals surface area contributed by atoms with Gasteiger partial charge in [-0.3, -0.25) is 4.79 Å². The van der Waals surface area contributed by atoms with E-state index >= 15 is 0 Å². The predicted molar refractivity (Wildman–Crippen MR) is 116 cm³/mol. The maximum atomic E-state index is 11.0. The van der Waals surface area contributed by atoms with Gasteiger partial charge in [-0.2, -0.15) is 0 Å². The Morgan fingerprint density at radius 1 is 0.742 bits per heavy atom. The highest BCUT2D eigenvalue weighted by Gasteiger charge is 1.98. The SMILES string of the molecule is C=COCCOCCOCCOCCOCCOCCOc1ccc(NC(C)=O)cc1. The van der Waals surface area contributed by atoms with E-state index in [4.69, 9.17) is 33.2 Å². The van der Waals surface area contributed by atoms with Crippen molar-refractivity contribution >= 4 is 11.6 Å². The maximum absolute atomic E-state index is 11.0. The number of ether oxygens (including phenoxy) is 7. The largest absolute Gasteiger partial charge is 0.499 e. The number of hydrogen-bond donors (Lipinski definition) is 1. The van der Waals surface area contributed by atoms with Gasteiger partial charge in [0, 0.05) is 12.6 Å². The molecular weight excluding hydrogens is 406 g/mol. The van der Waals surface area contributed by atoms with Crippen molar-refractivity contribution in [3.05, 3.63) is 37.1 Å². The molecule has 1 amide bonds. The van der Waals surface area contributed by atoms with Gasteiger partial charge in [0.2, 0.25) is 5.91 Å². The van der Waals surface area contributed by atoms with E-state index in [0.717, 1.165) is 11.4 Å². The molecule has 9 heteroatoms. The highest BCUT2D eigenvalue weighted by Crippen LogP contribution is 2.15. The first-order chi connectivity index (χ1) is 15.2. The van der Waals surface area contributed by atoms with Gasteiger partial charge in [-0.15, -0.1) is 0 Å². The van der Waals surface area contributed by atoms with Crippen LogP contribution in [-0.4, -0.2) is 85.2 Å². The van der Waals surface area contributed by atoms with Gasteiger partial charge in [0.15, 0.2) is 0 Å². The first kappa shape index (κ1) is 26.9. The van der Waals surface area contributed by atoms with Crippen LogP contribution in [0.4, 0.5) is 5.69 Å². The fourth-order valence-corrected chi connectivity index (χ4v) is 2.23. The number of anilines is 1. The van der Waals surface area contributed by atoms with Crippen molar-refractivity contribution in [1.29, 1.82) is 0 Å². The third kappa shape index (κ3) is 17.2. The van der Waals surface area contributed by atoms with E-state index < -0.39 is 0 Å². The molecule has 1 N–H and O–H groups in total. The van der Waals surface area contributed by atoms with Crippen molar-refractivity contribution in [2.45, 2.75) is 6.92 Å². The molecule has 0 fully saturated rings. The molecule has 0 atom stereocenters. The summed E-state index contributed by atoms with van der Waals surface area (Å²) >= 11 is 0. The highest BCUT2D eigenvalue weighted by atomic mass is 16.6. The minimum absolute atomic E-state index is 0.103. The lowest BCUT2D eigenvalue weighted by Gasteiger charge is -2.09. The van der Waals surface area contributed by atoms with Gasteiger partial charge in [-0.05, 0) is 24.3 Å². The quantitative estimate of drug-likeness (QED) is 0.229. The summed E-state index contributed by atoms with van der Waals surface area (Å²) in [6.45, 7) is 10.9. The molecule has 1 rings (SSSR count). The Hall–Kier alpha value is -2.17. The monoisotopic (exact) mass is 441 g/mol. The Balaban J connectivity index is 1.78. The summed E-state index contributed by atoms with van der Waals surface area (Å²) in [7, 11) is 0. The van der Waals surface area contributed by atoms with Gasteiger partial charge in [0.1, 0.15) is 19.0 Å². The Morgan fingerprint density at radius 2 is 1.16 bits per heavy atom. The van der Waals surface area contributed by atoms with E-state index in [2.05, 4.69) is 11.9 Å². The fourth-order valence-electron chi connectivity index (χ4n) is 2.23. The summed E-state index contributed by atoms with van der Waals surface area (Å²) in [5, 5.41) is 2.70. The lowest BCUT2D eigenvalue weighted by atomic mass is 10.3. The molecule has 0 saturated heterocycles. The third-order valence-electron chi connectivity index (χ3n) is 3.62. The topological polar surface area (TPSA) is 93.7 Å². The van der Waals surface area contributed by atoms with Crippen LogP contribution in [0.3, 0.4) is 0 Å². The van der Waals surface area contributed by atoms with E-state index in [9.17, 15) is 4.79 Å². The average molecular weight is 442 g/mol. The minimum Gasteiger partial charge on any atom is -0.499 e. The molecule has 0 aromatic heterocycles. The normalized spacial score (nSPS) is 10.6. The van der Waals surface area contributed by atoms with Crippen LogP contribution in [0, 0.1) is 0 Å². The summed E-state index contributed by atoms with van der Waals surface area (Å²) in [4.78, 5) is 11.0. The second-order valence-electron chi connectivity index (χ2n) is 6.15. The van der Waals surface area contributed by atoms with Gasteiger partial charge < -0.3 is 38.5 Å². The van der Waals surface area contributed by atoms with Crippen molar-refractivity contribution in [2.24, 2.45) is 0 Å². The summed E-state index contributed by atoms with van der Waals surface area (Å²) in [5.41, 5.74) is 0.737. The smallest absolute Gasteiger partial charge is 0.221 e. The highest BCUT2D eigenvalue weighted by molar-refractivity contribution is 5.88. The van der Waals surface area contributed by atoms with E-state index in [-0.39, 0.29) is 5.91 Å². The molecule has 31 heavy (non-hydrogen) atoms. The van der Waals surface area contributed by atoms with Crippen LogP contribution in [0.5, 0.6) is 5.75 Å². The number of carbonyl (C=O) groups is 1. The van der Waals surface area contributed by atoms with Crippen LogP contribution in [0.25, 0.3) is 0 Å². The summed E-state index contributed by atoms with van der Waals surface area (Å²) < 4.78 is 37.5. The number of amides is 1. The molecular formula is C22H35NO8. The van der Waals surface area contributed by atoms with Crippen molar-refractivity contribution in [2.75, 3.05) is 84.6 Å². The summed E-state index contributed by atoms with van der Waals surface area (Å²) in [6, 6.07) is 7.18. The molecule has 0 spiro atoms. The van der Waals surface area contributed by atoms with E-state index in [0.29, 0.717) is 79.3 Å². The average Bonchev–Trinajstić information content (AvgIpc) is 2.76. The van der Waals surface area contributed by atoms with Crippen LogP contribution in [0.15, 0.2) is 37.1 Å². The lowest BCUT2D eigenvalue weighted by molar-refractivity contribution is -0.114. The summed E-state index contributed by atoms with van der Waals surface area (Å²) in [6.07, 6.45) is 1.39. The molecule has 0 unspecified atom stereocenters. The number of nitrogens with one attached hydrogen (secondary N) is 1. The Bertz CT molecular complexity index is 567. The van der Waals surface area contributed by atoms with Crippen molar-refractivity contribution in [3.8, 4) is 5.75 Å². The van der Waals surface area contributed by atoms with Crippen LogP contribution in [0.1, 0.15) is 6.92 Å². The van der Waals surface area contributed by atoms with E-state index in [1.165, 1.54) is 13.2 Å². The molecule has 9 nitrogen and oxygen atoms in total. The first-order valence-electron chi connectivity index (χ1n) is 10.3. The van der Waals surface area contributed by atoms with Crippen LogP contribution < -0.4 is 10.1 Å². The maximum Gasteiger partial charge on any atom is 0.221 e. The number of carbonyl (C=O) groups excluding carboxylic acids is 1. The molecule has 1 aromatic carbocycles. The molecule has 0 aliphatic rings. The molecule has 1 aromatic rings. The molecule has 0 aliphatic carbocycles. The van der Waals surface area contributed by atoms with Crippen molar-refractivity contribution < 1.29 is 38.0 Å². The Morgan fingerprint density at radius 3 is 1.58 bits per heavy atom. The van der Waals surface area contributed by atoms with Crippen molar-refractivity contribution in [3.63, 3.8) is 0 Å². The van der Waals surface area contributed by atoms with Gasteiger partial charge in [-0.25, -0.2) is 0 Å². The molecule has 0 radical (unpaired) electrons. The molecule has 0 heterocycles. The number of benzene rings is 1.